The molecule has 2 saturated heterocycles. The molecular formula is C19H25F2NO2. The first-order valence-corrected chi connectivity index (χ1v) is 8.94. The van der Waals surface area contributed by atoms with E-state index in [2.05, 4.69) is 0 Å². The average molecular weight is 337 g/mol. The lowest BCUT2D eigenvalue weighted by atomic mass is 9.90. The van der Waals surface area contributed by atoms with Crippen LogP contribution < -0.4 is 0 Å². The Kier molecular flexibility index (Phi) is 5.82. The van der Waals surface area contributed by atoms with Gasteiger partial charge in [-0.1, -0.05) is 6.07 Å². The van der Waals surface area contributed by atoms with E-state index in [4.69, 9.17) is 4.74 Å². The van der Waals surface area contributed by atoms with Crippen molar-refractivity contribution in [1.82, 2.24) is 4.90 Å². The SMILES string of the molecule is O=C(C1CCOCC1)N1CCC[C@@H](CCc2ccc(F)c(F)c2)C1. The van der Waals surface area contributed by atoms with E-state index in [9.17, 15) is 13.6 Å². The van der Waals surface area contributed by atoms with Crippen LogP contribution in [0.4, 0.5) is 8.78 Å². The van der Waals surface area contributed by atoms with E-state index >= 15 is 0 Å². The summed E-state index contributed by atoms with van der Waals surface area (Å²) in [5.74, 6) is -0.757. The van der Waals surface area contributed by atoms with Crippen molar-refractivity contribution in [2.45, 2.75) is 38.5 Å². The van der Waals surface area contributed by atoms with E-state index in [1.165, 1.54) is 12.1 Å². The van der Waals surface area contributed by atoms with Gasteiger partial charge in [0.05, 0.1) is 0 Å². The van der Waals surface area contributed by atoms with Crippen LogP contribution in [0.1, 0.15) is 37.7 Å². The molecule has 0 spiro atoms. The number of carbonyl (C=O) groups is 1. The summed E-state index contributed by atoms with van der Waals surface area (Å²) in [6.45, 7) is 3.01. The lowest BCUT2D eigenvalue weighted by Gasteiger charge is -2.36. The van der Waals surface area contributed by atoms with Gasteiger partial charge in [0.15, 0.2) is 11.6 Å². The van der Waals surface area contributed by atoms with Crippen molar-refractivity contribution < 1.29 is 18.3 Å². The van der Waals surface area contributed by atoms with E-state index in [1.54, 1.807) is 6.07 Å². The quantitative estimate of drug-likeness (QED) is 0.841. The monoisotopic (exact) mass is 337 g/mol. The number of hydrogen-bond donors (Lipinski definition) is 0. The number of ether oxygens (including phenoxy) is 1. The van der Waals surface area contributed by atoms with Gasteiger partial charge in [-0.05, 0) is 62.1 Å². The molecule has 1 atom stereocenters. The smallest absolute Gasteiger partial charge is 0.225 e. The van der Waals surface area contributed by atoms with Gasteiger partial charge in [-0.3, -0.25) is 4.79 Å². The number of carbonyl (C=O) groups excluding carboxylic acids is 1. The molecule has 0 bridgehead atoms. The molecule has 3 nitrogen and oxygen atoms in total. The normalized spacial score (nSPS) is 22.6. The van der Waals surface area contributed by atoms with Gasteiger partial charge in [-0.2, -0.15) is 0 Å². The molecule has 5 heteroatoms. The molecule has 0 unspecified atom stereocenters. The number of aryl methyl sites for hydroxylation is 1. The zero-order valence-electron chi connectivity index (χ0n) is 14.0. The maximum atomic E-state index is 13.3. The predicted octanol–water partition coefficient (Wildman–Crippen LogP) is 3.56. The van der Waals surface area contributed by atoms with Crippen LogP contribution in [0.15, 0.2) is 18.2 Å². The average Bonchev–Trinajstić information content (AvgIpc) is 2.63. The molecule has 1 amide bonds. The van der Waals surface area contributed by atoms with Gasteiger partial charge >= 0.3 is 0 Å². The van der Waals surface area contributed by atoms with E-state index in [1.807, 2.05) is 4.90 Å². The molecule has 2 aliphatic rings. The third kappa shape index (κ3) is 4.32. The Morgan fingerprint density at radius 1 is 1.17 bits per heavy atom. The first-order valence-electron chi connectivity index (χ1n) is 8.94. The molecule has 2 fully saturated rings. The van der Waals surface area contributed by atoms with Crippen LogP contribution >= 0.6 is 0 Å². The second-order valence-electron chi connectivity index (χ2n) is 6.97. The summed E-state index contributed by atoms with van der Waals surface area (Å²) < 4.78 is 31.6. The second kappa shape index (κ2) is 8.06. The van der Waals surface area contributed by atoms with Gasteiger partial charge in [0.25, 0.3) is 0 Å². The highest BCUT2D eigenvalue weighted by atomic mass is 19.2. The topological polar surface area (TPSA) is 29.5 Å². The van der Waals surface area contributed by atoms with Crippen LogP contribution in [-0.4, -0.2) is 37.1 Å². The number of amides is 1. The molecular weight excluding hydrogens is 312 g/mol. The lowest BCUT2D eigenvalue weighted by molar-refractivity contribution is -0.140. The molecule has 0 aliphatic carbocycles. The Hall–Kier alpha value is -1.49. The van der Waals surface area contributed by atoms with E-state index in [0.717, 1.165) is 57.2 Å². The highest BCUT2D eigenvalue weighted by molar-refractivity contribution is 5.79. The minimum absolute atomic E-state index is 0.115. The standard InChI is InChI=1S/C19H25F2NO2/c20-17-6-5-14(12-18(17)21)3-4-15-2-1-9-22(13-15)19(23)16-7-10-24-11-8-16/h5-6,12,15-16H,1-4,7-11,13H2/t15-/m0/s1. The minimum atomic E-state index is -0.801. The van der Waals surface area contributed by atoms with Crippen LogP contribution in [0, 0.1) is 23.5 Å². The van der Waals surface area contributed by atoms with Crippen LogP contribution in [-0.2, 0) is 16.0 Å². The fourth-order valence-electron chi connectivity index (χ4n) is 3.77. The van der Waals surface area contributed by atoms with Crippen molar-refractivity contribution in [2.24, 2.45) is 11.8 Å². The summed E-state index contributed by atoms with van der Waals surface area (Å²) in [5.41, 5.74) is 0.821. The summed E-state index contributed by atoms with van der Waals surface area (Å²) in [6, 6.07) is 4.11. The maximum absolute atomic E-state index is 13.3. The molecule has 3 rings (SSSR count). The van der Waals surface area contributed by atoms with Gasteiger partial charge in [0.2, 0.25) is 5.91 Å². The Morgan fingerprint density at radius 3 is 2.71 bits per heavy atom. The number of benzene rings is 1. The fraction of sp³-hybridized carbons (Fsp3) is 0.632. The summed E-state index contributed by atoms with van der Waals surface area (Å²) in [7, 11) is 0. The number of halogens is 2. The predicted molar refractivity (Wildman–Crippen MR) is 87.5 cm³/mol. The van der Waals surface area contributed by atoms with Gasteiger partial charge < -0.3 is 9.64 Å². The largest absolute Gasteiger partial charge is 0.381 e. The summed E-state index contributed by atoms with van der Waals surface area (Å²) >= 11 is 0. The van der Waals surface area contributed by atoms with Crippen LogP contribution in [0.3, 0.4) is 0 Å². The van der Waals surface area contributed by atoms with Crippen molar-refractivity contribution in [3.05, 3.63) is 35.4 Å². The lowest BCUT2D eigenvalue weighted by Crippen LogP contribution is -2.44. The molecule has 0 aromatic heterocycles. The first kappa shape index (κ1) is 17.3. The van der Waals surface area contributed by atoms with Crippen molar-refractivity contribution in [2.75, 3.05) is 26.3 Å². The maximum Gasteiger partial charge on any atom is 0.225 e. The molecule has 132 valence electrons. The third-order valence-electron chi connectivity index (χ3n) is 5.23. The Morgan fingerprint density at radius 2 is 1.96 bits per heavy atom. The van der Waals surface area contributed by atoms with Crippen LogP contribution in [0.25, 0.3) is 0 Å². The number of hydrogen-bond acceptors (Lipinski definition) is 2. The number of piperidine rings is 1. The van der Waals surface area contributed by atoms with Crippen molar-refractivity contribution >= 4 is 5.91 Å². The number of rotatable bonds is 4. The molecule has 24 heavy (non-hydrogen) atoms. The van der Waals surface area contributed by atoms with Crippen LogP contribution in [0.2, 0.25) is 0 Å². The first-order chi connectivity index (χ1) is 11.6. The van der Waals surface area contributed by atoms with Crippen LogP contribution in [0.5, 0.6) is 0 Å². The number of likely N-dealkylation sites (tertiary alicyclic amines) is 1. The Bertz CT molecular complexity index is 572. The van der Waals surface area contributed by atoms with Crippen molar-refractivity contribution in [3.8, 4) is 0 Å². The highest BCUT2D eigenvalue weighted by Crippen LogP contribution is 2.25. The highest BCUT2D eigenvalue weighted by Gasteiger charge is 2.29. The van der Waals surface area contributed by atoms with Crippen molar-refractivity contribution in [1.29, 1.82) is 0 Å². The molecule has 2 aliphatic heterocycles. The summed E-state index contributed by atoms with van der Waals surface area (Å²) in [4.78, 5) is 14.6. The van der Waals surface area contributed by atoms with E-state index < -0.39 is 11.6 Å². The zero-order valence-corrected chi connectivity index (χ0v) is 14.0. The summed E-state index contributed by atoms with van der Waals surface area (Å²) in [6.07, 6.45) is 5.41. The molecule has 0 N–H and O–H groups in total. The fourth-order valence-corrected chi connectivity index (χ4v) is 3.77. The minimum Gasteiger partial charge on any atom is -0.381 e. The second-order valence-corrected chi connectivity index (χ2v) is 6.97. The Balaban J connectivity index is 1.51. The molecule has 0 radical (unpaired) electrons. The van der Waals surface area contributed by atoms with Gasteiger partial charge in [0.1, 0.15) is 0 Å². The van der Waals surface area contributed by atoms with E-state index in [-0.39, 0.29) is 11.8 Å². The molecule has 1 aromatic rings. The van der Waals surface area contributed by atoms with Gasteiger partial charge in [-0.25, -0.2) is 8.78 Å². The zero-order chi connectivity index (χ0) is 16.9. The van der Waals surface area contributed by atoms with E-state index in [0.29, 0.717) is 19.1 Å². The summed E-state index contributed by atoms with van der Waals surface area (Å²) in [5, 5.41) is 0. The number of nitrogens with zero attached hydrogens (tertiary/aromatic N) is 1. The van der Waals surface area contributed by atoms with Gasteiger partial charge in [-0.15, -0.1) is 0 Å². The van der Waals surface area contributed by atoms with Crippen molar-refractivity contribution in [3.63, 3.8) is 0 Å². The molecule has 2 heterocycles. The molecule has 0 saturated carbocycles. The molecule has 1 aromatic carbocycles. The van der Waals surface area contributed by atoms with Gasteiger partial charge in [0, 0.05) is 32.2 Å². The third-order valence-corrected chi connectivity index (χ3v) is 5.23. The Labute approximate surface area is 142 Å².